The van der Waals surface area contributed by atoms with Gasteiger partial charge in [0.25, 0.3) is 0 Å². The first-order chi connectivity index (χ1) is 13.5. The van der Waals surface area contributed by atoms with Gasteiger partial charge in [-0.25, -0.2) is 4.99 Å². The number of likely N-dealkylation sites (tertiary alicyclic amines) is 1. The molecule has 7 heteroatoms. The number of aromatic amines is 1. The molecule has 2 aromatic rings. The van der Waals surface area contributed by atoms with Crippen LogP contribution in [-0.4, -0.2) is 46.8 Å². The van der Waals surface area contributed by atoms with E-state index in [2.05, 4.69) is 26.8 Å². The maximum Gasteiger partial charge on any atom is 0.201 e. The van der Waals surface area contributed by atoms with Gasteiger partial charge in [-0.3, -0.25) is 10.1 Å². The van der Waals surface area contributed by atoms with Crippen LogP contribution < -0.4 is 5.73 Å². The minimum Gasteiger partial charge on any atom is -0.360 e. The molecule has 1 aliphatic carbocycles. The molecule has 1 saturated carbocycles. The molecule has 1 saturated heterocycles. The van der Waals surface area contributed by atoms with Gasteiger partial charge < -0.3 is 10.6 Å². The highest BCUT2D eigenvalue weighted by molar-refractivity contribution is 6.30. The smallest absolute Gasteiger partial charge is 0.201 e. The van der Waals surface area contributed by atoms with Crippen molar-refractivity contribution in [2.24, 2.45) is 21.1 Å². The summed E-state index contributed by atoms with van der Waals surface area (Å²) in [5, 5.41) is 8.08. The minimum atomic E-state index is 0.344. The molecule has 1 aromatic carbocycles. The molecule has 4 rings (SSSR count). The number of rotatable bonds is 3. The van der Waals surface area contributed by atoms with Gasteiger partial charge in [0, 0.05) is 29.7 Å². The normalized spacial score (nSPS) is 22.0. The summed E-state index contributed by atoms with van der Waals surface area (Å²) in [5.41, 5.74) is 9.08. The van der Waals surface area contributed by atoms with Crippen molar-refractivity contribution in [1.29, 1.82) is 0 Å². The Hall–Kier alpha value is -2.18. The third-order valence-electron chi connectivity index (χ3n) is 6.45. The van der Waals surface area contributed by atoms with Gasteiger partial charge in [0.1, 0.15) is 11.5 Å². The van der Waals surface area contributed by atoms with Gasteiger partial charge in [-0.15, -0.1) is 0 Å². The van der Waals surface area contributed by atoms with Gasteiger partial charge in [-0.1, -0.05) is 30.2 Å². The summed E-state index contributed by atoms with van der Waals surface area (Å²) in [6.45, 7) is 7.73. The van der Waals surface area contributed by atoms with Gasteiger partial charge in [-0.05, 0) is 56.9 Å². The van der Waals surface area contributed by atoms with Gasteiger partial charge in [-0.2, -0.15) is 5.10 Å². The molecular weight excluding hydrogens is 372 g/mol. The van der Waals surface area contributed by atoms with Gasteiger partial charge >= 0.3 is 0 Å². The summed E-state index contributed by atoms with van der Waals surface area (Å²) in [7, 11) is 0. The van der Waals surface area contributed by atoms with E-state index < -0.39 is 0 Å². The molecule has 0 bridgehead atoms. The number of aromatic nitrogens is 2. The molecule has 1 spiro atoms. The number of halogens is 1. The Bertz CT molecular complexity index is 894. The van der Waals surface area contributed by atoms with Crippen molar-refractivity contribution >= 4 is 35.7 Å². The van der Waals surface area contributed by atoms with E-state index in [1.54, 1.807) is 0 Å². The Balaban J connectivity index is 1.53. The summed E-state index contributed by atoms with van der Waals surface area (Å²) in [6, 6.07) is 7.93. The number of aliphatic imine (C=N–C) groups is 2. The standard InChI is InChI=1S/C21H27ClN6/c1-14(28-11-9-21(10-12-28)8-4-7-17(21)23)25-20-19(24-2)18(26-27-20)15-5-3-6-16(22)13-15/h3,5-6,13,17H,2,4,7-12,23H2,1H3,(H,26,27)/t17-/m1/s1. The zero-order chi connectivity index (χ0) is 19.7. The van der Waals surface area contributed by atoms with Crippen LogP contribution in [0.1, 0.15) is 39.0 Å². The molecule has 2 heterocycles. The lowest BCUT2D eigenvalue weighted by Gasteiger charge is -2.42. The SMILES string of the molecule is C=Nc1c(N=C(C)N2CCC3(CCC[C@H]3N)CC2)n[nH]c1-c1cccc(Cl)c1. The third kappa shape index (κ3) is 3.47. The topological polar surface area (TPSA) is 82.7 Å². The number of hydrogen-bond acceptors (Lipinski definition) is 4. The minimum absolute atomic E-state index is 0.344. The van der Waals surface area contributed by atoms with E-state index in [1.807, 2.05) is 31.2 Å². The average Bonchev–Trinajstić information content (AvgIpc) is 3.26. The lowest BCUT2D eigenvalue weighted by atomic mass is 9.74. The molecule has 0 amide bonds. The molecule has 6 nitrogen and oxygen atoms in total. The summed E-state index contributed by atoms with van der Waals surface area (Å²) < 4.78 is 0. The van der Waals surface area contributed by atoms with Crippen molar-refractivity contribution in [3.63, 3.8) is 0 Å². The van der Waals surface area contributed by atoms with E-state index in [9.17, 15) is 0 Å². The van der Waals surface area contributed by atoms with Crippen molar-refractivity contribution in [1.82, 2.24) is 15.1 Å². The molecule has 0 unspecified atom stereocenters. The van der Waals surface area contributed by atoms with Gasteiger partial charge in [0.05, 0.1) is 5.69 Å². The summed E-state index contributed by atoms with van der Waals surface area (Å²) in [4.78, 5) is 11.3. The molecule has 1 aromatic heterocycles. The van der Waals surface area contributed by atoms with Gasteiger partial charge in [0.2, 0.25) is 5.82 Å². The Morgan fingerprint density at radius 1 is 1.36 bits per heavy atom. The monoisotopic (exact) mass is 398 g/mol. The molecule has 1 aliphatic heterocycles. The Morgan fingerprint density at radius 3 is 2.79 bits per heavy atom. The predicted molar refractivity (Wildman–Crippen MR) is 116 cm³/mol. The highest BCUT2D eigenvalue weighted by Crippen LogP contribution is 2.45. The van der Waals surface area contributed by atoms with Crippen LogP contribution >= 0.6 is 11.6 Å². The number of amidine groups is 1. The van der Waals surface area contributed by atoms with Crippen LogP contribution in [0, 0.1) is 5.41 Å². The van der Waals surface area contributed by atoms with E-state index >= 15 is 0 Å². The van der Waals surface area contributed by atoms with Crippen molar-refractivity contribution < 1.29 is 0 Å². The zero-order valence-corrected chi connectivity index (χ0v) is 17.0. The molecule has 2 fully saturated rings. The second-order valence-electron chi connectivity index (χ2n) is 7.95. The van der Waals surface area contributed by atoms with Gasteiger partial charge in [0.15, 0.2) is 0 Å². The van der Waals surface area contributed by atoms with Crippen LogP contribution in [0.15, 0.2) is 34.3 Å². The molecule has 0 radical (unpaired) electrons. The van der Waals surface area contributed by atoms with Crippen LogP contribution in [0.4, 0.5) is 11.5 Å². The highest BCUT2D eigenvalue weighted by Gasteiger charge is 2.42. The maximum atomic E-state index is 6.40. The van der Waals surface area contributed by atoms with E-state index in [0.717, 1.165) is 43.0 Å². The first-order valence-electron chi connectivity index (χ1n) is 9.89. The molecule has 3 N–H and O–H groups in total. The fourth-order valence-electron chi connectivity index (χ4n) is 4.69. The molecule has 28 heavy (non-hydrogen) atoms. The fourth-order valence-corrected chi connectivity index (χ4v) is 4.88. The maximum absolute atomic E-state index is 6.40. The zero-order valence-electron chi connectivity index (χ0n) is 16.3. The largest absolute Gasteiger partial charge is 0.360 e. The number of nitrogens with two attached hydrogens (primary N) is 1. The quantitative estimate of drug-likeness (QED) is 0.580. The number of nitrogens with zero attached hydrogens (tertiary/aromatic N) is 4. The first kappa shape index (κ1) is 19.2. The number of benzene rings is 1. The predicted octanol–water partition coefficient (Wildman–Crippen LogP) is 4.71. The second-order valence-corrected chi connectivity index (χ2v) is 8.38. The molecule has 1 atom stereocenters. The average molecular weight is 399 g/mol. The number of H-pyrrole nitrogens is 1. The highest BCUT2D eigenvalue weighted by atomic mass is 35.5. The van der Waals surface area contributed by atoms with Crippen LogP contribution in [-0.2, 0) is 0 Å². The van der Waals surface area contributed by atoms with Crippen LogP contribution in [0.25, 0.3) is 11.3 Å². The Labute approximate surface area is 170 Å². The summed E-state index contributed by atoms with van der Waals surface area (Å²) >= 11 is 6.12. The van der Waals surface area contributed by atoms with Crippen molar-refractivity contribution in [2.45, 2.75) is 45.1 Å². The first-order valence-corrected chi connectivity index (χ1v) is 10.3. The van der Waals surface area contributed by atoms with E-state index in [1.165, 1.54) is 19.3 Å². The molecule has 148 valence electrons. The van der Waals surface area contributed by atoms with Crippen LogP contribution in [0.3, 0.4) is 0 Å². The number of nitrogens with one attached hydrogen (secondary N) is 1. The molecular formula is C21H27ClN6. The van der Waals surface area contributed by atoms with E-state index in [0.29, 0.717) is 28.0 Å². The van der Waals surface area contributed by atoms with E-state index in [4.69, 9.17) is 22.3 Å². The Kier molecular flexibility index (Phi) is 5.25. The molecule has 2 aliphatic rings. The Morgan fingerprint density at radius 2 is 2.14 bits per heavy atom. The fraction of sp³-hybridized carbons (Fsp3) is 0.476. The number of piperidine rings is 1. The van der Waals surface area contributed by atoms with Crippen molar-refractivity contribution in [3.8, 4) is 11.3 Å². The summed E-state index contributed by atoms with van der Waals surface area (Å²) in [6.07, 6.45) is 5.98. The summed E-state index contributed by atoms with van der Waals surface area (Å²) in [5.74, 6) is 1.51. The van der Waals surface area contributed by atoms with Crippen molar-refractivity contribution in [3.05, 3.63) is 29.3 Å². The lowest BCUT2D eigenvalue weighted by Crippen LogP contribution is -2.48. The van der Waals surface area contributed by atoms with Crippen LogP contribution in [0.2, 0.25) is 5.02 Å². The van der Waals surface area contributed by atoms with Crippen molar-refractivity contribution in [2.75, 3.05) is 13.1 Å². The van der Waals surface area contributed by atoms with Crippen LogP contribution in [0.5, 0.6) is 0 Å². The lowest BCUT2D eigenvalue weighted by molar-refractivity contribution is 0.135. The number of hydrogen-bond donors (Lipinski definition) is 2. The van der Waals surface area contributed by atoms with E-state index in [-0.39, 0.29) is 0 Å². The second kappa shape index (κ2) is 7.68. The third-order valence-corrected chi connectivity index (χ3v) is 6.69.